The van der Waals surface area contributed by atoms with E-state index in [-0.39, 0.29) is 18.0 Å². The van der Waals surface area contributed by atoms with Crippen LogP contribution in [0.25, 0.3) is 0 Å². The summed E-state index contributed by atoms with van der Waals surface area (Å²) in [6.45, 7) is 4.01. The molecule has 74 valence electrons. The van der Waals surface area contributed by atoms with Crippen molar-refractivity contribution in [3.63, 3.8) is 0 Å². The van der Waals surface area contributed by atoms with Crippen molar-refractivity contribution in [3.8, 4) is 0 Å². The SMILES string of the molecule is Cc1ccc([C@H]2CC(=O)OC2C)cc1. The van der Waals surface area contributed by atoms with Crippen LogP contribution in [0.15, 0.2) is 24.3 Å². The van der Waals surface area contributed by atoms with E-state index in [0.29, 0.717) is 6.42 Å². The summed E-state index contributed by atoms with van der Waals surface area (Å²) in [5.74, 6) is 0.158. The number of aryl methyl sites for hydroxylation is 1. The number of esters is 1. The van der Waals surface area contributed by atoms with Gasteiger partial charge < -0.3 is 4.74 Å². The van der Waals surface area contributed by atoms with Crippen LogP contribution in [0, 0.1) is 6.92 Å². The molecule has 2 rings (SSSR count). The van der Waals surface area contributed by atoms with Crippen LogP contribution >= 0.6 is 0 Å². The molecule has 0 bridgehead atoms. The number of hydrogen-bond acceptors (Lipinski definition) is 2. The first-order valence-electron chi connectivity index (χ1n) is 4.93. The number of cyclic esters (lactones) is 1. The van der Waals surface area contributed by atoms with E-state index in [9.17, 15) is 4.79 Å². The molecular formula is C12H14O2. The fraction of sp³-hybridized carbons (Fsp3) is 0.417. The van der Waals surface area contributed by atoms with Gasteiger partial charge in [0.25, 0.3) is 0 Å². The molecule has 1 heterocycles. The van der Waals surface area contributed by atoms with E-state index in [1.807, 2.05) is 6.92 Å². The molecule has 0 amide bonds. The van der Waals surface area contributed by atoms with Crippen molar-refractivity contribution in [2.45, 2.75) is 32.3 Å². The first-order chi connectivity index (χ1) is 6.66. The first kappa shape index (κ1) is 9.25. The fourth-order valence-corrected chi connectivity index (χ4v) is 1.89. The van der Waals surface area contributed by atoms with Crippen molar-refractivity contribution in [1.82, 2.24) is 0 Å². The average Bonchev–Trinajstić information content (AvgIpc) is 2.47. The second-order valence-corrected chi connectivity index (χ2v) is 3.92. The zero-order chi connectivity index (χ0) is 10.1. The van der Waals surface area contributed by atoms with E-state index in [2.05, 4.69) is 31.2 Å². The molecule has 0 N–H and O–H groups in total. The molecule has 1 aromatic carbocycles. The maximum absolute atomic E-state index is 11.1. The van der Waals surface area contributed by atoms with Crippen LogP contribution in [0.3, 0.4) is 0 Å². The smallest absolute Gasteiger partial charge is 0.306 e. The maximum atomic E-state index is 11.1. The van der Waals surface area contributed by atoms with Crippen molar-refractivity contribution in [2.24, 2.45) is 0 Å². The van der Waals surface area contributed by atoms with Gasteiger partial charge in [-0.25, -0.2) is 0 Å². The molecular weight excluding hydrogens is 176 g/mol. The van der Waals surface area contributed by atoms with E-state index in [1.54, 1.807) is 0 Å². The van der Waals surface area contributed by atoms with Gasteiger partial charge in [0, 0.05) is 5.92 Å². The van der Waals surface area contributed by atoms with Gasteiger partial charge in [-0.05, 0) is 19.4 Å². The lowest BCUT2D eigenvalue weighted by atomic mass is 9.93. The maximum Gasteiger partial charge on any atom is 0.306 e. The van der Waals surface area contributed by atoms with Gasteiger partial charge in [-0.3, -0.25) is 4.79 Å². The number of rotatable bonds is 1. The van der Waals surface area contributed by atoms with Crippen molar-refractivity contribution in [2.75, 3.05) is 0 Å². The second kappa shape index (κ2) is 3.45. The number of ether oxygens (including phenoxy) is 1. The van der Waals surface area contributed by atoms with Crippen molar-refractivity contribution in [3.05, 3.63) is 35.4 Å². The summed E-state index contributed by atoms with van der Waals surface area (Å²) in [6, 6.07) is 8.31. The van der Waals surface area contributed by atoms with E-state index in [1.165, 1.54) is 11.1 Å². The third-order valence-corrected chi connectivity index (χ3v) is 2.78. The van der Waals surface area contributed by atoms with E-state index in [4.69, 9.17) is 4.74 Å². The lowest BCUT2D eigenvalue weighted by Gasteiger charge is -2.12. The van der Waals surface area contributed by atoms with Crippen molar-refractivity contribution in [1.29, 1.82) is 0 Å². The summed E-state index contributed by atoms with van der Waals surface area (Å²) < 4.78 is 5.12. The summed E-state index contributed by atoms with van der Waals surface area (Å²) in [6.07, 6.45) is 0.537. The Morgan fingerprint density at radius 1 is 1.29 bits per heavy atom. The van der Waals surface area contributed by atoms with Gasteiger partial charge in [0.15, 0.2) is 0 Å². The number of carbonyl (C=O) groups excluding carboxylic acids is 1. The summed E-state index contributed by atoms with van der Waals surface area (Å²) in [7, 11) is 0. The Labute approximate surface area is 83.9 Å². The topological polar surface area (TPSA) is 26.3 Å². The Bertz CT molecular complexity index is 340. The minimum absolute atomic E-state index is 0.0187. The van der Waals surface area contributed by atoms with Gasteiger partial charge in [0.1, 0.15) is 6.10 Å². The molecule has 14 heavy (non-hydrogen) atoms. The van der Waals surface area contributed by atoms with Gasteiger partial charge in [0.2, 0.25) is 0 Å². The molecule has 1 aliphatic rings. The predicted octanol–water partition coefficient (Wildman–Crippen LogP) is 2.41. The predicted molar refractivity (Wildman–Crippen MR) is 54.1 cm³/mol. The molecule has 1 aliphatic heterocycles. The highest BCUT2D eigenvalue weighted by atomic mass is 16.5. The summed E-state index contributed by atoms with van der Waals surface area (Å²) in [5.41, 5.74) is 2.44. The van der Waals surface area contributed by atoms with Crippen LogP contribution in [-0.4, -0.2) is 12.1 Å². The van der Waals surface area contributed by atoms with E-state index in [0.717, 1.165) is 0 Å². The molecule has 0 saturated carbocycles. The van der Waals surface area contributed by atoms with Crippen LogP contribution in [0.2, 0.25) is 0 Å². The third-order valence-electron chi connectivity index (χ3n) is 2.78. The van der Waals surface area contributed by atoms with Gasteiger partial charge >= 0.3 is 5.97 Å². The van der Waals surface area contributed by atoms with Gasteiger partial charge in [0.05, 0.1) is 6.42 Å². The molecule has 1 aromatic rings. The molecule has 0 aliphatic carbocycles. The molecule has 0 spiro atoms. The molecule has 2 heteroatoms. The highest BCUT2D eigenvalue weighted by molar-refractivity contribution is 5.73. The van der Waals surface area contributed by atoms with Crippen molar-refractivity contribution < 1.29 is 9.53 Å². The summed E-state index contributed by atoms with van der Waals surface area (Å²) in [5, 5.41) is 0. The second-order valence-electron chi connectivity index (χ2n) is 3.92. The van der Waals surface area contributed by atoms with E-state index >= 15 is 0 Å². The van der Waals surface area contributed by atoms with Crippen molar-refractivity contribution >= 4 is 5.97 Å². The standard InChI is InChI=1S/C12H14O2/c1-8-3-5-10(6-4-8)11-7-12(13)14-9(11)2/h3-6,9,11H,7H2,1-2H3/t9?,11-/m0/s1. The zero-order valence-electron chi connectivity index (χ0n) is 8.49. The Hall–Kier alpha value is -1.31. The zero-order valence-corrected chi connectivity index (χ0v) is 8.49. The van der Waals surface area contributed by atoms with Gasteiger partial charge in [-0.1, -0.05) is 29.8 Å². The van der Waals surface area contributed by atoms with Crippen LogP contribution in [0.5, 0.6) is 0 Å². The monoisotopic (exact) mass is 190 g/mol. The summed E-state index contributed by atoms with van der Waals surface area (Å²) in [4.78, 5) is 11.1. The van der Waals surface area contributed by atoms with Gasteiger partial charge in [-0.2, -0.15) is 0 Å². The lowest BCUT2D eigenvalue weighted by Crippen LogP contribution is -2.09. The molecule has 2 atom stereocenters. The Kier molecular flexibility index (Phi) is 2.28. The minimum Gasteiger partial charge on any atom is -0.462 e. The number of hydrogen-bond donors (Lipinski definition) is 0. The molecule has 1 saturated heterocycles. The summed E-state index contributed by atoms with van der Waals surface area (Å²) >= 11 is 0. The van der Waals surface area contributed by atoms with Crippen LogP contribution in [0.4, 0.5) is 0 Å². The number of carbonyl (C=O) groups is 1. The highest BCUT2D eigenvalue weighted by Gasteiger charge is 2.32. The van der Waals surface area contributed by atoms with Crippen LogP contribution < -0.4 is 0 Å². The first-order valence-corrected chi connectivity index (χ1v) is 4.93. The van der Waals surface area contributed by atoms with Gasteiger partial charge in [-0.15, -0.1) is 0 Å². The Balaban J connectivity index is 2.23. The average molecular weight is 190 g/mol. The van der Waals surface area contributed by atoms with E-state index < -0.39 is 0 Å². The van der Waals surface area contributed by atoms with Crippen LogP contribution in [0.1, 0.15) is 30.4 Å². The molecule has 0 aromatic heterocycles. The Morgan fingerprint density at radius 3 is 2.43 bits per heavy atom. The normalized spacial score (nSPS) is 26.3. The fourth-order valence-electron chi connectivity index (χ4n) is 1.89. The molecule has 2 nitrogen and oxygen atoms in total. The quantitative estimate of drug-likeness (QED) is 0.636. The molecule has 0 radical (unpaired) electrons. The number of benzene rings is 1. The third kappa shape index (κ3) is 1.65. The molecule has 1 fully saturated rings. The lowest BCUT2D eigenvalue weighted by molar-refractivity contribution is -0.140. The Morgan fingerprint density at radius 2 is 1.93 bits per heavy atom. The largest absolute Gasteiger partial charge is 0.462 e. The minimum atomic E-state index is -0.0805. The molecule has 1 unspecified atom stereocenters. The van der Waals surface area contributed by atoms with Crippen LogP contribution in [-0.2, 0) is 9.53 Å². The highest BCUT2D eigenvalue weighted by Crippen LogP contribution is 2.31.